The van der Waals surface area contributed by atoms with Gasteiger partial charge in [0.2, 0.25) is 5.28 Å². The number of halogens is 2. The Bertz CT molecular complexity index is 1740. The van der Waals surface area contributed by atoms with Gasteiger partial charge in [-0.3, -0.25) is 13.9 Å². The fraction of sp³-hybridized carbons (Fsp3) is 0.613. The lowest BCUT2D eigenvalue weighted by Crippen LogP contribution is -2.35. The first kappa shape index (κ1) is 42.0. The number of aliphatic hydroxyl groups is 1. The van der Waals surface area contributed by atoms with Gasteiger partial charge in [0.1, 0.15) is 29.5 Å². The number of hydrogen-bond acceptors (Lipinski definition) is 14. The first-order valence-electron chi connectivity index (χ1n) is 17.1. The highest BCUT2D eigenvalue weighted by molar-refractivity contribution is 7.63. The molecule has 0 amide bonds. The van der Waals surface area contributed by atoms with Crippen LogP contribution >= 0.6 is 27.2 Å². The molecule has 3 aromatic rings. The Balaban J connectivity index is 1.50. The molecule has 1 aliphatic heterocycles. The number of nitrogens with one attached hydrogen (secondary N) is 1. The molecule has 290 valence electrons. The smallest absolute Gasteiger partial charge is 0.465 e. The predicted molar refractivity (Wildman–Crippen MR) is 190 cm³/mol. The van der Waals surface area contributed by atoms with Crippen LogP contribution in [-0.2, 0) is 38.7 Å². The number of carbonyl (C=O) groups is 1. The molecule has 1 aliphatic rings. The second-order valence-corrected chi connectivity index (χ2v) is 15.7. The summed E-state index contributed by atoms with van der Waals surface area (Å²) < 4.78 is 71.0. The van der Waals surface area contributed by atoms with Crippen LogP contribution < -0.4 is 15.3 Å². The number of alkyl halides is 1. The Morgan fingerprint density at radius 3 is 2.63 bits per heavy atom. The summed E-state index contributed by atoms with van der Waals surface area (Å²) in [5, 5.41) is 12.8. The van der Waals surface area contributed by atoms with Crippen molar-refractivity contribution in [3.8, 4) is 5.75 Å². The number of unbranched alkanes of at least 4 members (excludes halogenated alkanes) is 3. The molecule has 5 N–H and O–H groups in total. The second kappa shape index (κ2) is 19.0. The molecular weight excluding hydrogens is 747 g/mol. The van der Waals surface area contributed by atoms with Gasteiger partial charge in [0.25, 0.3) is 0 Å². The standard InChI is InChI=1S/C31H47ClFN7O10P2/c1-5-8-9-12-17-46-30(42)20(4)38-51(43,49-22-14-11-10-13-21(22)15-16-39(6-2)7-3)50-52(44,45)47-18-23-26(41)24(33)29(48-23)40-19-35-25-27(34)36-31(32)37-28(25)40/h10-11,13-14,19-20,23-24,26,29,41H,5-9,12,15-18H2,1-4H3,(H,38,43)(H,44,45)(H2,34,36,37)/t20-,23+,24?,26?,29+,51?/m0/s1. The van der Waals surface area contributed by atoms with Crippen molar-refractivity contribution in [2.45, 2.75) is 90.4 Å². The summed E-state index contributed by atoms with van der Waals surface area (Å²) in [6.07, 6.45) is -1.91. The second-order valence-electron chi connectivity index (χ2n) is 12.1. The maximum absolute atomic E-state index is 15.4. The lowest BCUT2D eigenvalue weighted by molar-refractivity contribution is -0.145. The molecule has 1 aromatic carbocycles. The molecule has 0 spiro atoms. The Morgan fingerprint density at radius 1 is 1.19 bits per heavy atom. The number of imidazole rings is 1. The maximum Gasteiger partial charge on any atom is 0.481 e. The molecular formula is C31H47ClFN7O10P2. The number of aliphatic hydroxyl groups excluding tert-OH is 1. The van der Waals surface area contributed by atoms with Gasteiger partial charge in [-0.15, -0.1) is 0 Å². The largest absolute Gasteiger partial charge is 0.481 e. The van der Waals surface area contributed by atoms with Gasteiger partial charge in [0, 0.05) is 6.54 Å². The zero-order chi connectivity index (χ0) is 38.1. The predicted octanol–water partition coefficient (Wildman–Crippen LogP) is 4.96. The number of ether oxygens (including phenoxy) is 2. The number of benzene rings is 1. The lowest BCUT2D eigenvalue weighted by Gasteiger charge is -2.26. The van der Waals surface area contributed by atoms with Crippen molar-refractivity contribution >= 4 is 50.1 Å². The fourth-order valence-corrected chi connectivity index (χ4v) is 8.59. The quantitative estimate of drug-likeness (QED) is 0.0484. The first-order valence-corrected chi connectivity index (χ1v) is 20.5. The third kappa shape index (κ3) is 11.1. The van der Waals surface area contributed by atoms with Crippen LogP contribution in [0.25, 0.3) is 11.2 Å². The highest BCUT2D eigenvalue weighted by Crippen LogP contribution is 2.61. The molecule has 0 bridgehead atoms. The Kier molecular flexibility index (Phi) is 15.4. The van der Waals surface area contributed by atoms with E-state index in [1.165, 1.54) is 13.0 Å². The SMILES string of the molecule is CCCCCCOC(=O)[C@H](C)NP(=O)(Oc1ccccc1CCN(CC)CC)OP(=O)(O)OC[C@H]1O[C@@H](n2cnc3c(N)nc(Cl)nc32)C(F)C1O. The molecule has 52 heavy (non-hydrogen) atoms. The number of esters is 1. The van der Waals surface area contributed by atoms with E-state index < -0.39 is 58.8 Å². The number of carbonyl (C=O) groups excluding carboxylic acids is 1. The summed E-state index contributed by atoms with van der Waals surface area (Å²) in [4.78, 5) is 37.6. The normalized spacial score (nSPS) is 21.9. The molecule has 4 rings (SSSR count). The summed E-state index contributed by atoms with van der Waals surface area (Å²) in [6.45, 7) is 8.87. The van der Waals surface area contributed by atoms with Gasteiger partial charge in [-0.1, -0.05) is 58.2 Å². The Morgan fingerprint density at radius 2 is 1.92 bits per heavy atom. The number of phosphoric acid groups is 1. The number of aromatic nitrogens is 4. The fourth-order valence-electron chi connectivity index (χ4n) is 5.42. The maximum atomic E-state index is 15.4. The summed E-state index contributed by atoms with van der Waals surface area (Å²) in [5.41, 5.74) is 6.57. The number of hydrogen-bond donors (Lipinski definition) is 4. The Labute approximate surface area is 306 Å². The van der Waals surface area contributed by atoms with Gasteiger partial charge in [-0.2, -0.15) is 19.4 Å². The van der Waals surface area contributed by atoms with E-state index in [-0.39, 0.29) is 34.6 Å². The third-order valence-electron chi connectivity index (χ3n) is 8.33. The summed E-state index contributed by atoms with van der Waals surface area (Å²) >= 11 is 5.91. The van der Waals surface area contributed by atoms with Gasteiger partial charge in [0.05, 0.1) is 19.5 Å². The van der Waals surface area contributed by atoms with Crippen molar-refractivity contribution in [3.05, 3.63) is 41.4 Å². The van der Waals surface area contributed by atoms with Crippen molar-refractivity contribution in [1.29, 1.82) is 0 Å². The molecule has 0 radical (unpaired) electrons. The van der Waals surface area contributed by atoms with Crippen LogP contribution in [0.1, 0.15) is 65.2 Å². The van der Waals surface area contributed by atoms with Gasteiger partial charge in [0.15, 0.2) is 23.9 Å². The lowest BCUT2D eigenvalue weighted by atomic mass is 10.1. The van der Waals surface area contributed by atoms with Crippen LogP contribution in [0.4, 0.5) is 10.2 Å². The minimum Gasteiger partial charge on any atom is -0.465 e. The number of likely N-dealkylation sites (N-methyl/N-ethyl adjacent to an activating group) is 1. The number of nitrogens with two attached hydrogens (primary N) is 1. The van der Waals surface area contributed by atoms with Crippen LogP contribution in [0.3, 0.4) is 0 Å². The number of nitrogen functional groups attached to an aromatic ring is 1. The number of anilines is 1. The van der Waals surface area contributed by atoms with E-state index in [1.54, 1.807) is 18.2 Å². The van der Waals surface area contributed by atoms with E-state index >= 15 is 4.39 Å². The molecule has 17 nitrogen and oxygen atoms in total. The van der Waals surface area contributed by atoms with Crippen molar-refractivity contribution in [1.82, 2.24) is 29.5 Å². The van der Waals surface area contributed by atoms with Crippen molar-refractivity contribution in [2.75, 3.05) is 38.6 Å². The van der Waals surface area contributed by atoms with Gasteiger partial charge >= 0.3 is 21.5 Å². The zero-order valence-corrected chi connectivity index (χ0v) is 32.0. The average Bonchev–Trinajstić information content (AvgIpc) is 3.64. The van der Waals surface area contributed by atoms with Gasteiger partial charge < -0.3 is 34.6 Å². The van der Waals surface area contributed by atoms with Gasteiger partial charge in [-0.25, -0.2) is 18.5 Å². The average molecular weight is 794 g/mol. The number of phosphoric ester groups is 1. The monoisotopic (exact) mass is 793 g/mol. The summed E-state index contributed by atoms with van der Waals surface area (Å²) in [7, 11) is -10.3. The van der Waals surface area contributed by atoms with Gasteiger partial charge in [-0.05, 0) is 56.1 Å². The minimum atomic E-state index is -5.36. The van der Waals surface area contributed by atoms with E-state index in [0.29, 0.717) is 24.9 Å². The summed E-state index contributed by atoms with van der Waals surface area (Å²) in [6, 6.07) is 5.30. The van der Waals surface area contributed by atoms with Crippen LogP contribution in [0.2, 0.25) is 5.28 Å². The van der Waals surface area contributed by atoms with Crippen LogP contribution in [0.15, 0.2) is 30.6 Å². The van der Waals surface area contributed by atoms with Crippen LogP contribution in [0.5, 0.6) is 5.75 Å². The molecule has 4 unspecified atom stereocenters. The highest BCUT2D eigenvalue weighted by atomic mass is 35.5. The highest BCUT2D eigenvalue weighted by Gasteiger charge is 2.48. The minimum absolute atomic E-state index is 0.0187. The van der Waals surface area contributed by atoms with Crippen LogP contribution in [0, 0.1) is 0 Å². The molecule has 21 heteroatoms. The topological polar surface area (TPSA) is 223 Å². The van der Waals surface area contributed by atoms with Crippen molar-refractivity contribution in [2.24, 2.45) is 0 Å². The molecule has 0 aliphatic carbocycles. The number of rotatable bonds is 21. The van der Waals surface area contributed by atoms with E-state index in [0.717, 1.165) is 43.2 Å². The molecule has 2 aromatic heterocycles. The summed E-state index contributed by atoms with van der Waals surface area (Å²) in [5.74, 6) is -0.794. The van der Waals surface area contributed by atoms with Crippen molar-refractivity contribution in [3.63, 3.8) is 0 Å². The first-order chi connectivity index (χ1) is 24.7. The number of fused-ring (bicyclic) bond motifs is 1. The van der Waals surface area contributed by atoms with Crippen molar-refractivity contribution < 1.29 is 51.1 Å². The molecule has 7 atom stereocenters. The van der Waals surface area contributed by atoms with E-state index in [4.69, 9.17) is 40.2 Å². The van der Waals surface area contributed by atoms with E-state index in [2.05, 4.69) is 24.9 Å². The van der Waals surface area contributed by atoms with E-state index in [9.17, 15) is 23.9 Å². The van der Waals surface area contributed by atoms with Crippen LogP contribution in [-0.4, -0.2) is 97.7 Å². The molecule has 3 heterocycles. The molecule has 1 fully saturated rings. The van der Waals surface area contributed by atoms with E-state index in [1.807, 2.05) is 20.8 Å². The molecule has 1 saturated heterocycles. The molecule has 0 saturated carbocycles. The third-order valence-corrected chi connectivity index (χ3v) is 11.8. The Hall–Kier alpha value is -2.76. The number of para-hydroxylation sites is 1. The zero-order valence-electron chi connectivity index (χ0n) is 29.5. The number of nitrogens with zero attached hydrogens (tertiary/aromatic N) is 5.